The first-order valence-electron chi connectivity index (χ1n) is 8.45. The van der Waals surface area contributed by atoms with Crippen molar-refractivity contribution in [1.29, 1.82) is 5.41 Å². The smallest absolute Gasteiger partial charge is 0.259 e. The van der Waals surface area contributed by atoms with E-state index in [1.165, 1.54) is 5.56 Å². The molecule has 0 radical (unpaired) electrons. The number of para-hydroxylation sites is 1. The molecule has 0 atom stereocenters. The topological polar surface area (TPSA) is 93.1 Å². The molecule has 3 aromatic rings. The number of rotatable bonds is 3. The van der Waals surface area contributed by atoms with E-state index in [1.54, 1.807) is 29.2 Å². The quantitative estimate of drug-likeness (QED) is 0.679. The number of benzene rings is 2. The summed E-state index contributed by atoms with van der Waals surface area (Å²) in [5, 5.41) is 19.4. The highest BCUT2D eigenvalue weighted by Gasteiger charge is 2.31. The SMILES string of the molecule is CCc1ccc(N2CC(O)=C(c3nc4ccccc4c(=O)[nH]3)C2=N)cc1. The average molecular weight is 346 g/mol. The molecule has 1 aromatic heterocycles. The van der Waals surface area contributed by atoms with Crippen LogP contribution in [-0.4, -0.2) is 27.5 Å². The molecule has 0 saturated heterocycles. The van der Waals surface area contributed by atoms with E-state index < -0.39 is 0 Å². The predicted octanol–water partition coefficient (Wildman–Crippen LogP) is 3.25. The lowest BCUT2D eigenvalue weighted by Crippen LogP contribution is -2.26. The van der Waals surface area contributed by atoms with Crippen molar-refractivity contribution in [2.24, 2.45) is 0 Å². The number of aliphatic hydroxyl groups is 1. The van der Waals surface area contributed by atoms with Gasteiger partial charge in [-0.15, -0.1) is 0 Å². The van der Waals surface area contributed by atoms with Gasteiger partial charge in [-0.1, -0.05) is 31.2 Å². The number of aromatic amines is 1. The van der Waals surface area contributed by atoms with Crippen LogP contribution in [0, 0.1) is 5.41 Å². The second kappa shape index (κ2) is 6.15. The van der Waals surface area contributed by atoms with Crippen LogP contribution in [0.25, 0.3) is 16.5 Å². The third-order valence-electron chi connectivity index (χ3n) is 4.61. The Hall–Kier alpha value is -3.41. The summed E-state index contributed by atoms with van der Waals surface area (Å²) in [6, 6.07) is 14.9. The Morgan fingerprint density at radius 1 is 1.19 bits per heavy atom. The molecular formula is C20H18N4O2. The molecule has 0 fully saturated rings. The summed E-state index contributed by atoms with van der Waals surface area (Å²) in [5.41, 5.74) is 2.52. The summed E-state index contributed by atoms with van der Waals surface area (Å²) in [5.74, 6) is 0.349. The Bertz CT molecular complexity index is 1100. The first-order valence-corrected chi connectivity index (χ1v) is 8.45. The minimum atomic E-state index is -0.288. The highest BCUT2D eigenvalue weighted by molar-refractivity contribution is 6.30. The molecule has 3 N–H and O–H groups in total. The van der Waals surface area contributed by atoms with Crippen LogP contribution >= 0.6 is 0 Å². The molecule has 6 heteroatoms. The molecule has 1 aliphatic rings. The van der Waals surface area contributed by atoms with Gasteiger partial charge in [-0.3, -0.25) is 10.2 Å². The van der Waals surface area contributed by atoms with E-state index in [9.17, 15) is 9.90 Å². The molecular weight excluding hydrogens is 328 g/mol. The number of nitrogens with one attached hydrogen (secondary N) is 2. The largest absolute Gasteiger partial charge is 0.509 e. The number of hydrogen-bond acceptors (Lipinski definition) is 4. The van der Waals surface area contributed by atoms with Crippen molar-refractivity contribution < 1.29 is 5.11 Å². The van der Waals surface area contributed by atoms with Gasteiger partial charge in [-0.2, -0.15) is 0 Å². The van der Waals surface area contributed by atoms with E-state index in [0.29, 0.717) is 10.9 Å². The lowest BCUT2D eigenvalue weighted by molar-refractivity contribution is 0.411. The maximum absolute atomic E-state index is 12.3. The molecule has 26 heavy (non-hydrogen) atoms. The van der Waals surface area contributed by atoms with Crippen molar-refractivity contribution in [2.75, 3.05) is 11.4 Å². The zero-order valence-corrected chi connectivity index (χ0v) is 14.3. The number of anilines is 1. The predicted molar refractivity (Wildman–Crippen MR) is 103 cm³/mol. The van der Waals surface area contributed by atoms with Gasteiger partial charge in [0, 0.05) is 5.69 Å². The highest BCUT2D eigenvalue weighted by Crippen LogP contribution is 2.29. The minimum Gasteiger partial charge on any atom is -0.509 e. The lowest BCUT2D eigenvalue weighted by atomic mass is 10.1. The zero-order chi connectivity index (χ0) is 18.3. The Balaban J connectivity index is 1.74. The van der Waals surface area contributed by atoms with Gasteiger partial charge in [0.1, 0.15) is 17.4 Å². The number of H-pyrrole nitrogens is 1. The minimum absolute atomic E-state index is 0.0213. The lowest BCUT2D eigenvalue weighted by Gasteiger charge is -2.19. The summed E-state index contributed by atoms with van der Waals surface area (Å²) in [4.78, 5) is 21.1. The van der Waals surface area contributed by atoms with E-state index in [4.69, 9.17) is 5.41 Å². The van der Waals surface area contributed by atoms with Crippen LogP contribution < -0.4 is 10.5 Å². The van der Waals surface area contributed by atoms with Crippen molar-refractivity contribution in [3.05, 3.63) is 76.0 Å². The normalized spacial score (nSPS) is 14.5. The summed E-state index contributed by atoms with van der Waals surface area (Å²) in [6.07, 6.45) is 0.939. The molecule has 2 aromatic carbocycles. The molecule has 0 unspecified atom stereocenters. The number of aromatic nitrogens is 2. The van der Waals surface area contributed by atoms with Gasteiger partial charge in [-0.25, -0.2) is 4.98 Å². The average Bonchev–Trinajstić information content (AvgIpc) is 2.96. The van der Waals surface area contributed by atoms with Crippen molar-refractivity contribution in [3.8, 4) is 0 Å². The van der Waals surface area contributed by atoms with E-state index in [2.05, 4.69) is 16.9 Å². The second-order valence-corrected chi connectivity index (χ2v) is 6.21. The molecule has 0 aliphatic carbocycles. The fourth-order valence-corrected chi connectivity index (χ4v) is 3.17. The maximum atomic E-state index is 12.3. The third-order valence-corrected chi connectivity index (χ3v) is 4.61. The maximum Gasteiger partial charge on any atom is 0.259 e. The standard InChI is InChI=1S/C20H18N4O2/c1-2-12-7-9-13(10-8-12)24-11-16(25)17(18(24)21)19-22-15-6-4-3-5-14(15)20(26)23-19/h3-10,21,25H,2,11H2,1H3,(H,22,23,26). The fraction of sp³-hybridized carbons (Fsp3) is 0.150. The van der Waals surface area contributed by atoms with Gasteiger partial charge < -0.3 is 15.0 Å². The van der Waals surface area contributed by atoms with Crippen LogP contribution in [0.2, 0.25) is 0 Å². The van der Waals surface area contributed by atoms with Crippen molar-refractivity contribution in [1.82, 2.24) is 9.97 Å². The van der Waals surface area contributed by atoms with E-state index in [0.717, 1.165) is 12.1 Å². The van der Waals surface area contributed by atoms with Crippen LogP contribution in [0.1, 0.15) is 18.3 Å². The van der Waals surface area contributed by atoms with Crippen molar-refractivity contribution in [2.45, 2.75) is 13.3 Å². The van der Waals surface area contributed by atoms with Crippen LogP contribution in [-0.2, 0) is 6.42 Å². The summed E-state index contributed by atoms with van der Waals surface area (Å²) < 4.78 is 0. The van der Waals surface area contributed by atoms with E-state index >= 15 is 0 Å². The van der Waals surface area contributed by atoms with Crippen LogP contribution in [0.4, 0.5) is 5.69 Å². The Labute approximate surface area is 150 Å². The molecule has 0 amide bonds. The van der Waals surface area contributed by atoms with E-state index in [-0.39, 0.29) is 35.1 Å². The monoisotopic (exact) mass is 346 g/mol. The zero-order valence-electron chi connectivity index (χ0n) is 14.3. The van der Waals surface area contributed by atoms with Gasteiger partial charge in [-0.05, 0) is 36.2 Å². The first-order chi connectivity index (χ1) is 12.6. The summed E-state index contributed by atoms with van der Waals surface area (Å²) >= 11 is 0. The molecule has 2 heterocycles. The first kappa shape index (κ1) is 16.1. The number of fused-ring (bicyclic) bond motifs is 1. The van der Waals surface area contributed by atoms with E-state index in [1.807, 2.05) is 24.3 Å². The molecule has 0 bridgehead atoms. The number of aliphatic hydroxyl groups excluding tert-OH is 1. The Morgan fingerprint density at radius 2 is 1.92 bits per heavy atom. The molecule has 0 saturated carbocycles. The van der Waals surface area contributed by atoms with Crippen molar-refractivity contribution >= 4 is 28.0 Å². The summed E-state index contributed by atoms with van der Waals surface area (Å²) in [7, 11) is 0. The van der Waals surface area contributed by atoms with Gasteiger partial charge in [0.15, 0.2) is 0 Å². The second-order valence-electron chi connectivity index (χ2n) is 6.21. The fourth-order valence-electron chi connectivity index (χ4n) is 3.17. The van der Waals surface area contributed by atoms with Crippen molar-refractivity contribution in [3.63, 3.8) is 0 Å². The number of hydrogen-bond donors (Lipinski definition) is 3. The van der Waals surface area contributed by atoms with Crippen LogP contribution in [0.3, 0.4) is 0 Å². The number of amidine groups is 1. The Kier molecular flexibility index (Phi) is 3.80. The van der Waals surface area contributed by atoms with Gasteiger partial charge in [0.05, 0.1) is 23.0 Å². The third kappa shape index (κ3) is 2.56. The van der Waals surface area contributed by atoms with Gasteiger partial charge >= 0.3 is 0 Å². The van der Waals surface area contributed by atoms with Gasteiger partial charge in [0.2, 0.25) is 0 Å². The highest BCUT2D eigenvalue weighted by atomic mass is 16.3. The molecule has 6 nitrogen and oxygen atoms in total. The van der Waals surface area contributed by atoms with Gasteiger partial charge in [0.25, 0.3) is 5.56 Å². The number of aryl methyl sites for hydroxylation is 1. The Morgan fingerprint density at radius 3 is 2.65 bits per heavy atom. The molecule has 130 valence electrons. The molecule has 1 aliphatic heterocycles. The van der Waals surface area contributed by atoms with Crippen LogP contribution in [0.15, 0.2) is 59.1 Å². The van der Waals surface area contributed by atoms with Crippen LogP contribution in [0.5, 0.6) is 0 Å². The molecule has 4 rings (SSSR count). The summed E-state index contributed by atoms with van der Waals surface area (Å²) in [6.45, 7) is 2.26. The number of nitrogens with zero attached hydrogens (tertiary/aromatic N) is 2. The molecule has 0 spiro atoms.